The highest BCUT2D eigenvalue weighted by atomic mass is 14.9. The molecule has 0 N–H and O–H groups in total. The third-order valence-electron chi connectivity index (χ3n) is 8.83. The average Bonchev–Trinajstić information content (AvgIpc) is 3.10. The molecule has 2 heterocycles. The molecule has 0 fully saturated rings. The SMILES string of the molecule is c1ccc2cc3c(ccc4c(-c5c6ccccc6c(-c6ncc(-c7ccncc7)cn6)c6ccccc56)cccc43)cc2c1. The van der Waals surface area contributed by atoms with Crippen molar-refractivity contribution in [3.05, 3.63) is 152 Å². The molecule has 204 valence electrons. The number of fused-ring (bicyclic) bond motifs is 6. The van der Waals surface area contributed by atoms with Crippen LogP contribution in [0.25, 0.3) is 87.5 Å². The van der Waals surface area contributed by atoms with Crippen LogP contribution in [0.4, 0.5) is 0 Å². The Kier molecular flexibility index (Phi) is 5.50. The van der Waals surface area contributed by atoms with Crippen molar-refractivity contribution in [2.24, 2.45) is 0 Å². The Balaban J connectivity index is 1.32. The van der Waals surface area contributed by atoms with Crippen molar-refractivity contribution in [2.45, 2.75) is 0 Å². The van der Waals surface area contributed by atoms with Gasteiger partial charge in [-0.15, -0.1) is 0 Å². The van der Waals surface area contributed by atoms with Crippen LogP contribution < -0.4 is 0 Å². The van der Waals surface area contributed by atoms with Gasteiger partial charge in [0.15, 0.2) is 5.82 Å². The minimum atomic E-state index is 0.720. The van der Waals surface area contributed by atoms with E-state index >= 15 is 0 Å². The molecule has 0 atom stereocenters. The van der Waals surface area contributed by atoms with Gasteiger partial charge in [-0.05, 0) is 94.8 Å². The van der Waals surface area contributed by atoms with Gasteiger partial charge in [0.25, 0.3) is 0 Å². The van der Waals surface area contributed by atoms with Crippen LogP contribution in [-0.2, 0) is 0 Å². The predicted molar refractivity (Wildman–Crippen MR) is 184 cm³/mol. The van der Waals surface area contributed by atoms with Crippen LogP contribution in [-0.4, -0.2) is 15.0 Å². The van der Waals surface area contributed by atoms with Crippen molar-refractivity contribution in [2.75, 3.05) is 0 Å². The zero-order chi connectivity index (χ0) is 29.0. The molecule has 0 spiro atoms. The Morgan fingerprint density at radius 2 is 0.955 bits per heavy atom. The van der Waals surface area contributed by atoms with Gasteiger partial charge in [-0.3, -0.25) is 4.98 Å². The van der Waals surface area contributed by atoms with Crippen LogP contribution in [0.15, 0.2) is 152 Å². The summed E-state index contributed by atoms with van der Waals surface area (Å²) in [6.45, 7) is 0. The predicted octanol–water partition coefficient (Wildman–Crippen LogP) is 10.6. The van der Waals surface area contributed by atoms with E-state index in [-0.39, 0.29) is 0 Å². The van der Waals surface area contributed by atoms with E-state index in [2.05, 4.69) is 120 Å². The lowest BCUT2D eigenvalue weighted by Crippen LogP contribution is -1.95. The fourth-order valence-corrected chi connectivity index (χ4v) is 6.81. The van der Waals surface area contributed by atoms with E-state index in [1.54, 1.807) is 12.4 Å². The second kappa shape index (κ2) is 9.82. The molecular weight excluding hydrogens is 534 g/mol. The summed E-state index contributed by atoms with van der Waals surface area (Å²) in [5.41, 5.74) is 5.54. The molecule has 9 rings (SSSR count). The van der Waals surface area contributed by atoms with E-state index in [1.165, 1.54) is 54.2 Å². The van der Waals surface area contributed by atoms with Gasteiger partial charge in [0.2, 0.25) is 0 Å². The smallest absolute Gasteiger partial charge is 0.160 e. The van der Waals surface area contributed by atoms with Gasteiger partial charge in [0, 0.05) is 35.9 Å². The van der Waals surface area contributed by atoms with Crippen LogP contribution in [0.5, 0.6) is 0 Å². The van der Waals surface area contributed by atoms with Crippen molar-refractivity contribution >= 4 is 53.9 Å². The van der Waals surface area contributed by atoms with Gasteiger partial charge in [0.05, 0.1) is 0 Å². The summed E-state index contributed by atoms with van der Waals surface area (Å²) in [5.74, 6) is 0.720. The van der Waals surface area contributed by atoms with E-state index in [0.717, 1.165) is 33.3 Å². The van der Waals surface area contributed by atoms with E-state index in [9.17, 15) is 0 Å². The first-order chi connectivity index (χ1) is 21.8. The van der Waals surface area contributed by atoms with Crippen molar-refractivity contribution in [1.29, 1.82) is 0 Å². The number of hydrogen-bond acceptors (Lipinski definition) is 3. The zero-order valence-corrected chi connectivity index (χ0v) is 23.8. The van der Waals surface area contributed by atoms with Gasteiger partial charge in [0.1, 0.15) is 0 Å². The molecule has 44 heavy (non-hydrogen) atoms. The normalized spacial score (nSPS) is 11.6. The summed E-state index contributed by atoms with van der Waals surface area (Å²) >= 11 is 0. The Labute approximate surface area is 254 Å². The van der Waals surface area contributed by atoms with Crippen LogP contribution in [0, 0.1) is 0 Å². The molecule has 0 radical (unpaired) electrons. The van der Waals surface area contributed by atoms with E-state index in [4.69, 9.17) is 9.97 Å². The van der Waals surface area contributed by atoms with Crippen LogP contribution in [0.1, 0.15) is 0 Å². The molecule has 3 nitrogen and oxygen atoms in total. The molecular formula is C41H25N3. The molecule has 0 saturated heterocycles. The van der Waals surface area contributed by atoms with Crippen LogP contribution >= 0.6 is 0 Å². The van der Waals surface area contributed by atoms with Gasteiger partial charge >= 0.3 is 0 Å². The molecule has 0 aliphatic carbocycles. The molecule has 0 saturated carbocycles. The van der Waals surface area contributed by atoms with Crippen molar-refractivity contribution in [1.82, 2.24) is 15.0 Å². The lowest BCUT2D eigenvalue weighted by atomic mass is 9.85. The standard InChI is InChI=1S/C41H25N3/c1-2-9-28-23-38-29(22-27(28)8-1)16-17-32-31(38)14-7-15-33(32)39-34-10-3-5-12-36(34)40(37-13-6-4-11-35(37)39)41-43-24-30(25-44-41)26-18-20-42-21-19-26/h1-25H. The molecule has 2 aromatic heterocycles. The summed E-state index contributed by atoms with van der Waals surface area (Å²) in [5, 5.41) is 12.2. The summed E-state index contributed by atoms with van der Waals surface area (Å²) in [6.07, 6.45) is 7.41. The summed E-state index contributed by atoms with van der Waals surface area (Å²) in [7, 11) is 0. The lowest BCUT2D eigenvalue weighted by Gasteiger charge is -2.18. The quantitative estimate of drug-likeness (QED) is 0.160. The first-order valence-electron chi connectivity index (χ1n) is 14.8. The van der Waals surface area contributed by atoms with Gasteiger partial charge in [-0.2, -0.15) is 0 Å². The third-order valence-corrected chi connectivity index (χ3v) is 8.83. The molecule has 0 aliphatic heterocycles. The lowest BCUT2D eigenvalue weighted by molar-refractivity contribution is 1.18. The minimum absolute atomic E-state index is 0.720. The molecule has 0 unspecified atom stereocenters. The average molecular weight is 560 g/mol. The molecule has 0 aliphatic rings. The van der Waals surface area contributed by atoms with Crippen LogP contribution in [0.3, 0.4) is 0 Å². The molecule has 9 aromatic rings. The largest absolute Gasteiger partial charge is 0.265 e. The third kappa shape index (κ3) is 3.80. The second-order valence-electron chi connectivity index (χ2n) is 11.3. The highest BCUT2D eigenvalue weighted by molar-refractivity contribution is 6.24. The molecule has 0 bridgehead atoms. The fourth-order valence-electron chi connectivity index (χ4n) is 6.81. The summed E-state index contributed by atoms with van der Waals surface area (Å²) in [6, 6.07) is 45.8. The monoisotopic (exact) mass is 559 g/mol. The Morgan fingerprint density at radius 3 is 1.64 bits per heavy atom. The van der Waals surface area contributed by atoms with Crippen molar-refractivity contribution in [3.8, 4) is 33.6 Å². The van der Waals surface area contributed by atoms with Crippen molar-refractivity contribution in [3.63, 3.8) is 0 Å². The van der Waals surface area contributed by atoms with E-state index < -0.39 is 0 Å². The molecule has 3 heteroatoms. The second-order valence-corrected chi connectivity index (χ2v) is 11.3. The highest BCUT2D eigenvalue weighted by Crippen LogP contribution is 2.45. The van der Waals surface area contributed by atoms with Crippen molar-refractivity contribution < 1.29 is 0 Å². The molecule has 0 amide bonds. The summed E-state index contributed by atoms with van der Waals surface area (Å²) < 4.78 is 0. The first kappa shape index (κ1) is 24.6. The fraction of sp³-hybridized carbons (Fsp3) is 0. The first-order valence-corrected chi connectivity index (χ1v) is 14.8. The maximum atomic E-state index is 4.91. The number of hydrogen-bond donors (Lipinski definition) is 0. The van der Waals surface area contributed by atoms with Crippen LogP contribution in [0.2, 0.25) is 0 Å². The minimum Gasteiger partial charge on any atom is -0.265 e. The number of aromatic nitrogens is 3. The summed E-state index contributed by atoms with van der Waals surface area (Å²) in [4.78, 5) is 14.0. The van der Waals surface area contributed by atoms with E-state index in [0.29, 0.717) is 0 Å². The maximum absolute atomic E-state index is 4.91. The van der Waals surface area contributed by atoms with Gasteiger partial charge in [-0.25, -0.2) is 9.97 Å². The Morgan fingerprint density at radius 1 is 0.364 bits per heavy atom. The topological polar surface area (TPSA) is 38.7 Å². The Hall–Kier alpha value is -5.93. The van der Waals surface area contributed by atoms with Gasteiger partial charge < -0.3 is 0 Å². The highest BCUT2D eigenvalue weighted by Gasteiger charge is 2.19. The van der Waals surface area contributed by atoms with Gasteiger partial charge in [-0.1, -0.05) is 103 Å². The molecule has 7 aromatic carbocycles. The number of rotatable bonds is 3. The number of benzene rings is 7. The number of nitrogens with zero attached hydrogens (tertiary/aromatic N) is 3. The number of pyridine rings is 1. The zero-order valence-electron chi connectivity index (χ0n) is 23.8. The maximum Gasteiger partial charge on any atom is 0.160 e. The Bertz CT molecular complexity index is 2480. The van der Waals surface area contributed by atoms with E-state index in [1.807, 2.05) is 24.5 Å².